The molecule has 0 saturated carbocycles. The van der Waals surface area contributed by atoms with Gasteiger partial charge in [-0.25, -0.2) is 0 Å². The minimum atomic E-state index is 0.459. The van der Waals surface area contributed by atoms with Gasteiger partial charge in [-0.05, 0) is 32.1 Å². The number of benzene rings is 1. The summed E-state index contributed by atoms with van der Waals surface area (Å²) in [6, 6.07) is 7.96. The van der Waals surface area contributed by atoms with E-state index in [1.54, 1.807) is 5.57 Å². The largest absolute Gasteiger partial charge is 0.368 e. The molecule has 1 aromatic heterocycles. The molecule has 4 heteroatoms. The summed E-state index contributed by atoms with van der Waals surface area (Å²) >= 11 is 6.07. The first-order valence-corrected chi connectivity index (χ1v) is 7.55. The Balaban J connectivity index is 1.71. The van der Waals surface area contributed by atoms with Crippen LogP contribution >= 0.6 is 11.6 Å². The monoisotopic (exact) mass is 287 g/mol. The molecule has 1 N–H and O–H groups in total. The Morgan fingerprint density at radius 3 is 2.75 bits per heavy atom. The summed E-state index contributed by atoms with van der Waals surface area (Å²) in [5.74, 6) is 0.821. The number of nitrogens with zero attached hydrogens (tertiary/aromatic N) is 2. The van der Waals surface area contributed by atoms with E-state index >= 15 is 0 Å². The molecule has 0 spiro atoms. The van der Waals surface area contributed by atoms with E-state index in [1.807, 2.05) is 24.3 Å². The number of hydrogen-bond acceptors (Lipinski definition) is 3. The molecule has 1 aliphatic carbocycles. The van der Waals surface area contributed by atoms with Crippen LogP contribution in [0.2, 0.25) is 5.15 Å². The van der Waals surface area contributed by atoms with E-state index in [-0.39, 0.29) is 0 Å². The summed E-state index contributed by atoms with van der Waals surface area (Å²) in [5.41, 5.74) is 1.56. The maximum absolute atomic E-state index is 6.07. The third kappa shape index (κ3) is 2.93. The van der Waals surface area contributed by atoms with Crippen LogP contribution in [-0.2, 0) is 0 Å². The lowest BCUT2D eigenvalue weighted by Gasteiger charge is -2.13. The van der Waals surface area contributed by atoms with Crippen LogP contribution in [0.3, 0.4) is 0 Å². The molecule has 1 aromatic carbocycles. The second kappa shape index (κ2) is 6.23. The summed E-state index contributed by atoms with van der Waals surface area (Å²) in [6.45, 7) is 0.895. The van der Waals surface area contributed by atoms with E-state index in [2.05, 4.69) is 21.6 Å². The average molecular weight is 288 g/mol. The molecule has 1 aliphatic rings. The summed E-state index contributed by atoms with van der Waals surface area (Å²) in [4.78, 5) is 0. The van der Waals surface area contributed by atoms with Crippen molar-refractivity contribution in [2.45, 2.75) is 32.1 Å². The van der Waals surface area contributed by atoms with E-state index in [0.717, 1.165) is 29.6 Å². The van der Waals surface area contributed by atoms with Crippen LogP contribution in [0.4, 0.5) is 5.82 Å². The van der Waals surface area contributed by atoms with Gasteiger partial charge in [0.1, 0.15) is 0 Å². The number of rotatable bonds is 4. The van der Waals surface area contributed by atoms with Crippen molar-refractivity contribution in [3.63, 3.8) is 0 Å². The lowest BCUT2D eigenvalue weighted by atomic mass is 9.97. The lowest BCUT2D eigenvalue weighted by Crippen LogP contribution is -2.07. The molecule has 0 bridgehead atoms. The quantitative estimate of drug-likeness (QED) is 0.836. The third-order valence-corrected chi connectivity index (χ3v) is 4.05. The zero-order valence-corrected chi connectivity index (χ0v) is 12.2. The Bertz CT molecular complexity index is 637. The molecule has 3 nitrogen and oxygen atoms in total. The summed E-state index contributed by atoms with van der Waals surface area (Å²) in [7, 11) is 0. The van der Waals surface area contributed by atoms with Crippen molar-refractivity contribution in [3.05, 3.63) is 41.1 Å². The highest BCUT2D eigenvalue weighted by Crippen LogP contribution is 2.26. The number of allylic oxidation sites excluding steroid dienone is 1. The first-order chi connectivity index (χ1) is 9.84. The molecule has 104 valence electrons. The van der Waals surface area contributed by atoms with Gasteiger partial charge >= 0.3 is 0 Å². The molecule has 0 aliphatic heterocycles. The molecule has 20 heavy (non-hydrogen) atoms. The maximum atomic E-state index is 6.07. The zero-order valence-electron chi connectivity index (χ0n) is 11.4. The molecule has 0 fully saturated rings. The van der Waals surface area contributed by atoms with Gasteiger partial charge in [0.2, 0.25) is 0 Å². The third-order valence-electron chi connectivity index (χ3n) is 3.77. The van der Waals surface area contributed by atoms with Gasteiger partial charge in [-0.2, -0.15) is 0 Å². The molecular formula is C16H18ClN3. The minimum absolute atomic E-state index is 0.459. The molecular weight excluding hydrogens is 270 g/mol. The standard InChI is InChI=1S/C16H18ClN3/c17-15-13-8-4-5-9-14(13)16(20-19-15)18-11-10-12-6-2-1-3-7-12/h4-6,8-9H,1-3,7,10-11H2,(H,18,20). The van der Waals surface area contributed by atoms with Crippen LogP contribution in [-0.4, -0.2) is 16.7 Å². The Labute approximate surface area is 124 Å². The molecule has 0 unspecified atom stereocenters. The number of anilines is 1. The minimum Gasteiger partial charge on any atom is -0.368 e. The summed E-state index contributed by atoms with van der Waals surface area (Å²) in [5, 5.41) is 14.0. The van der Waals surface area contributed by atoms with Crippen LogP contribution in [0.15, 0.2) is 35.9 Å². The number of halogens is 1. The molecule has 0 saturated heterocycles. The summed E-state index contributed by atoms with van der Waals surface area (Å²) in [6.07, 6.45) is 8.61. The van der Waals surface area contributed by atoms with Gasteiger partial charge in [0.25, 0.3) is 0 Å². The number of fused-ring (bicyclic) bond motifs is 1. The van der Waals surface area contributed by atoms with Gasteiger partial charge < -0.3 is 5.32 Å². The highest BCUT2D eigenvalue weighted by Gasteiger charge is 2.08. The van der Waals surface area contributed by atoms with Gasteiger partial charge in [0.05, 0.1) is 0 Å². The van der Waals surface area contributed by atoms with E-state index in [0.29, 0.717) is 5.15 Å². The van der Waals surface area contributed by atoms with Gasteiger partial charge in [-0.3, -0.25) is 0 Å². The van der Waals surface area contributed by atoms with E-state index < -0.39 is 0 Å². The Hall–Kier alpha value is -1.61. The predicted octanol–water partition coefficient (Wildman–Crippen LogP) is 4.59. The number of hydrogen-bond donors (Lipinski definition) is 1. The highest BCUT2D eigenvalue weighted by molar-refractivity contribution is 6.34. The predicted molar refractivity (Wildman–Crippen MR) is 84.2 cm³/mol. The smallest absolute Gasteiger partial charge is 0.159 e. The average Bonchev–Trinajstić information content (AvgIpc) is 2.51. The van der Waals surface area contributed by atoms with Crippen LogP contribution in [0, 0.1) is 0 Å². The van der Waals surface area contributed by atoms with Gasteiger partial charge in [-0.1, -0.05) is 47.5 Å². The van der Waals surface area contributed by atoms with E-state index in [4.69, 9.17) is 11.6 Å². The molecule has 0 atom stereocenters. The lowest BCUT2D eigenvalue weighted by molar-refractivity contribution is 0.679. The fraction of sp³-hybridized carbons (Fsp3) is 0.375. The van der Waals surface area contributed by atoms with E-state index in [1.165, 1.54) is 25.7 Å². The normalized spacial score (nSPS) is 15.2. The Kier molecular flexibility index (Phi) is 4.16. The zero-order chi connectivity index (χ0) is 13.8. The van der Waals surface area contributed by atoms with Crippen LogP contribution in [0.25, 0.3) is 10.8 Å². The molecule has 0 radical (unpaired) electrons. The SMILES string of the molecule is Clc1nnc(NCCC2=CCCCC2)c2ccccc12. The maximum Gasteiger partial charge on any atom is 0.159 e. The molecule has 2 aromatic rings. The molecule has 1 heterocycles. The van der Waals surface area contributed by atoms with Crippen molar-refractivity contribution in [2.75, 3.05) is 11.9 Å². The molecule has 3 rings (SSSR count). The second-order valence-electron chi connectivity index (χ2n) is 5.17. The van der Waals surface area contributed by atoms with Crippen LogP contribution in [0.1, 0.15) is 32.1 Å². The fourth-order valence-corrected chi connectivity index (χ4v) is 2.88. The Morgan fingerprint density at radius 1 is 1.10 bits per heavy atom. The topological polar surface area (TPSA) is 37.8 Å². The number of nitrogens with one attached hydrogen (secondary N) is 1. The Morgan fingerprint density at radius 2 is 1.95 bits per heavy atom. The second-order valence-corrected chi connectivity index (χ2v) is 5.53. The van der Waals surface area contributed by atoms with Crippen LogP contribution in [0.5, 0.6) is 0 Å². The van der Waals surface area contributed by atoms with Crippen molar-refractivity contribution in [1.82, 2.24) is 10.2 Å². The fourth-order valence-electron chi connectivity index (χ4n) is 2.67. The van der Waals surface area contributed by atoms with Gasteiger partial charge in [-0.15, -0.1) is 10.2 Å². The van der Waals surface area contributed by atoms with Gasteiger partial charge in [0.15, 0.2) is 11.0 Å². The highest BCUT2D eigenvalue weighted by atomic mass is 35.5. The van der Waals surface area contributed by atoms with Crippen molar-refractivity contribution in [3.8, 4) is 0 Å². The first-order valence-electron chi connectivity index (χ1n) is 7.17. The van der Waals surface area contributed by atoms with E-state index in [9.17, 15) is 0 Å². The molecule has 0 amide bonds. The van der Waals surface area contributed by atoms with Crippen molar-refractivity contribution in [1.29, 1.82) is 0 Å². The summed E-state index contributed by atoms with van der Waals surface area (Å²) < 4.78 is 0. The van der Waals surface area contributed by atoms with Crippen molar-refractivity contribution >= 4 is 28.2 Å². The van der Waals surface area contributed by atoms with Crippen molar-refractivity contribution in [2.24, 2.45) is 0 Å². The van der Waals surface area contributed by atoms with Crippen molar-refractivity contribution < 1.29 is 0 Å². The first kappa shape index (κ1) is 13.4. The van der Waals surface area contributed by atoms with Gasteiger partial charge in [0, 0.05) is 17.3 Å². The van der Waals surface area contributed by atoms with Crippen LogP contribution < -0.4 is 5.32 Å². The number of aromatic nitrogens is 2.